The molecular weight excluding hydrogens is 446 g/mol. The molecule has 5 nitrogen and oxygen atoms in total. The molecule has 2 bridgehead atoms. The number of ether oxygens (including phenoxy) is 1. The summed E-state index contributed by atoms with van der Waals surface area (Å²) < 4.78 is 5.53. The van der Waals surface area contributed by atoms with E-state index >= 15 is 0 Å². The number of amides is 1. The molecule has 3 aliphatic rings. The van der Waals surface area contributed by atoms with Gasteiger partial charge < -0.3 is 9.64 Å². The lowest BCUT2D eigenvalue weighted by Gasteiger charge is -2.32. The number of hydrogen-bond acceptors (Lipinski definition) is 4. The normalized spacial score (nSPS) is 25.1. The molecule has 182 valence electrons. The van der Waals surface area contributed by atoms with Gasteiger partial charge in [-0.25, -0.2) is 9.79 Å². The Morgan fingerprint density at radius 2 is 2.06 bits per heavy atom. The summed E-state index contributed by atoms with van der Waals surface area (Å²) in [6.07, 6.45) is 9.05. The van der Waals surface area contributed by atoms with E-state index in [2.05, 4.69) is 52.8 Å². The number of carbonyl (C=O) groups is 1. The molecule has 0 aromatic heterocycles. The smallest absolute Gasteiger partial charge is 0.410 e. The fourth-order valence-electron chi connectivity index (χ4n) is 4.66. The average molecular weight is 482 g/mol. The first kappa shape index (κ1) is 24.7. The van der Waals surface area contributed by atoms with Crippen molar-refractivity contribution in [3.05, 3.63) is 52.6 Å². The van der Waals surface area contributed by atoms with Gasteiger partial charge in [0.25, 0.3) is 0 Å². The minimum atomic E-state index is -0.250. The Hall–Kier alpha value is -2.40. The van der Waals surface area contributed by atoms with Gasteiger partial charge in [-0.3, -0.25) is 4.99 Å². The van der Waals surface area contributed by atoms with Crippen molar-refractivity contribution in [2.24, 2.45) is 27.2 Å². The van der Waals surface area contributed by atoms with Crippen LogP contribution < -0.4 is 0 Å². The van der Waals surface area contributed by atoms with Crippen LogP contribution in [0.25, 0.3) is 0 Å². The molecule has 0 radical (unpaired) electrons. The van der Waals surface area contributed by atoms with E-state index in [-0.39, 0.29) is 23.5 Å². The highest BCUT2D eigenvalue weighted by atomic mass is 35.5. The molecule has 0 N–H and O–H groups in total. The van der Waals surface area contributed by atoms with Crippen molar-refractivity contribution in [1.82, 2.24) is 4.90 Å². The van der Waals surface area contributed by atoms with Crippen molar-refractivity contribution in [2.45, 2.75) is 59.9 Å². The Morgan fingerprint density at radius 1 is 1.26 bits per heavy atom. The van der Waals surface area contributed by atoms with Gasteiger partial charge in [-0.2, -0.15) is 0 Å². The highest BCUT2D eigenvalue weighted by Crippen LogP contribution is 2.35. The highest BCUT2D eigenvalue weighted by molar-refractivity contribution is 6.49. The third kappa shape index (κ3) is 5.80. The van der Waals surface area contributed by atoms with E-state index in [1.165, 1.54) is 5.56 Å². The molecular formula is C28H36ClN3O2. The molecule has 0 aliphatic carbocycles. The van der Waals surface area contributed by atoms with Crippen LogP contribution in [0.5, 0.6) is 0 Å². The first-order chi connectivity index (χ1) is 16.1. The molecule has 6 heteroatoms. The molecule has 1 amide bonds. The molecule has 1 aromatic rings. The van der Waals surface area contributed by atoms with E-state index < -0.39 is 0 Å². The van der Waals surface area contributed by atoms with Crippen LogP contribution in [0.2, 0.25) is 5.02 Å². The summed E-state index contributed by atoms with van der Waals surface area (Å²) >= 11 is 6.35. The largest absolute Gasteiger partial charge is 0.449 e. The van der Waals surface area contributed by atoms with Gasteiger partial charge in [-0.05, 0) is 66.9 Å². The van der Waals surface area contributed by atoms with Gasteiger partial charge in [0.1, 0.15) is 0 Å². The summed E-state index contributed by atoms with van der Waals surface area (Å²) in [6.45, 7) is 12.2. The number of rotatable bonds is 2. The van der Waals surface area contributed by atoms with Crippen LogP contribution in [0, 0.1) is 17.3 Å². The minimum absolute atomic E-state index is 0.0511. The number of benzene rings is 1. The van der Waals surface area contributed by atoms with Gasteiger partial charge >= 0.3 is 6.09 Å². The molecule has 0 saturated carbocycles. The molecule has 1 aromatic carbocycles. The Kier molecular flexibility index (Phi) is 7.32. The number of nitrogens with zero attached hydrogens (tertiary/aromatic N) is 3. The van der Waals surface area contributed by atoms with Gasteiger partial charge in [0.15, 0.2) is 0 Å². The lowest BCUT2D eigenvalue weighted by molar-refractivity contribution is 0.0745. The topological polar surface area (TPSA) is 54.3 Å². The van der Waals surface area contributed by atoms with Crippen molar-refractivity contribution >= 4 is 34.8 Å². The lowest BCUT2D eigenvalue weighted by atomic mass is 9.79. The summed E-state index contributed by atoms with van der Waals surface area (Å²) in [5.74, 6) is 0.572. The first-order valence-electron chi connectivity index (χ1n) is 12.3. The maximum absolute atomic E-state index is 12.6. The van der Waals surface area contributed by atoms with Crippen LogP contribution in [0.4, 0.5) is 10.5 Å². The number of fused-ring (bicyclic) bond motifs is 3. The standard InChI is InChI=1S/C28H36ClN3O2/c1-18-7-6-8-21-15-22-16-23(29)9-10-24(22)31-26(25(30-18)19(21)2)20-11-13-32(14-12-20)27(33)34-17-28(3,4)5/h6,8-11,16,18-19,21H,7,12-15,17H2,1-5H3. The van der Waals surface area contributed by atoms with Crippen molar-refractivity contribution in [2.75, 3.05) is 19.7 Å². The lowest BCUT2D eigenvalue weighted by Crippen LogP contribution is -2.39. The number of hydrogen-bond donors (Lipinski definition) is 0. The second-order valence-corrected chi connectivity index (χ2v) is 11.4. The fraction of sp³-hybridized carbons (Fsp3) is 0.536. The van der Waals surface area contributed by atoms with Crippen LogP contribution in [0.15, 0.2) is 52.0 Å². The SMILES string of the molecule is CC1CC=CC2Cc3cc(Cl)ccc3N=C(C3=CCN(C(=O)OCC(C)(C)C)CC3)C(=N1)C2C. The second kappa shape index (κ2) is 10.1. The maximum atomic E-state index is 12.6. The van der Waals surface area contributed by atoms with E-state index in [4.69, 9.17) is 26.3 Å². The van der Waals surface area contributed by atoms with Gasteiger partial charge in [0, 0.05) is 24.0 Å². The Balaban J connectivity index is 1.68. The zero-order valence-corrected chi connectivity index (χ0v) is 21.7. The molecule has 0 saturated heterocycles. The Bertz CT molecular complexity index is 1060. The molecule has 3 unspecified atom stereocenters. The van der Waals surface area contributed by atoms with Gasteiger partial charge in [0.2, 0.25) is 0 Å². The molecule has 3 aliphatic heterocycles. The number of allylic oxidation sites excluding steroid dienone is 1. The fourth-order valence-corrected chi connectivity index (χ4v) is 4.86. The number of halogens is 1. The van der Waals surface area contributed by atoms with Gasteiger partial charge in [-0.15, -0.1) is 0 Å². The average Bonchev–Trinajstić information content (AvgIpc) is 2.78. The summed E-state index contributed by atoms with van der Waals surface area (Å²) in [6, 6.07) is 6.17. The minimum Gasteiger partial charge on any atom is -0.449 e. The molecule has 4 rings (SSSR count). The Labute approximate surface area is 208 Å². The second-order valence-electron chi connectivity index (χ2n) is 11.0. The van der Waals surface area contributed by atoms with Crippen molar-refractivity contribution in [3.8, 4) is 0 Å². The quantitative estimate of drug-likeness (QED) is 0.435. The predicted molar refractivity (Wildman–Crippen MR) is 141 cm³/mol. The molecule has 34 heavy (non-hydrogen) atoms. The van der Waals surface area contributed by atoms with Crippen molar-refractivity contribution < 1.29 is 9.53 Å². The summed E-state index contributed by atoms with van der Waals surface area (Å²) in [5.41, 5.74) is 5.28. The summed E-state index contributed by atoms with van der Waals surface area (Å²) in [7, 11) is 0. The highest BCUT2D eigenvalue weighted by Gasteiger charge is 2.32. The van der Waals surface area contributed by atoms with E-state index in [1.807, 2.05) is 18.2 Å². The number of aliphatic imine (C=N–C) groups is 2. The zero-order chi connectivity index (χ0) is 24.5. The van der Waals surface area contributed by atoms with E-state index in [0.717, 1.165) is 47.0 Å². The zero-order valence-electron chi connectivity index (χ0n) is 21.0. The first-order valence-corrected chi connectivity index (χ1v) is 12.7. The molecule has 0 spiro atoms. The summed E-state index contributed by atoms with van der Waals surface area (Å²) in [4.78, 5) is 24.7. The van der Waals surface area contributed by atoms with Crippen molar-refractivity contribution in [3.63, 3.8) is 0 Å². The van der Waals surface area contributed by atoms with E-state index in [1.54, 1.807) is 4.90 Å². The van der Waals surface area contributed by atoms with Gasteiger partial charge in [-0.1, -0.05) is 57.5 Å². The summed E-state index contributed by atoms with van der Waals surface area (Å²) in [5, 5.41) is 0.738. The van der Waals surface area contributed by atoms with Crippen LogP contribution in [0.3, 0.4) is 0 Å². The van der Waals surface area contributed by atoms with E-state index in [0.29, 0.717) is 25.6 Å². The third-order valence-corrected chi connectivity index (χ3v) is 6.90. The van der Waals surface area contributed by atoms with Crippen LogP contribution in [0.1, 0.15) is 53.0 Å². The predicted octanol–water partition coefficient (Wildman–Crippen LogP) is 6.83. The maximum Gasteiger partial charge on any atom is 0.410 e. The van der Waals surface area contributed by atoms with E-state index in [9.17, 15) is 4.79 Å². The van der Waals surface area contributed by atoms with Gasteiger partial charge in [0.05, 0.1) is 29.8 Å². The number of carbonyl (C=O) groups excluding carboxylic acids is 1. The molecule has 3 atom stereocenters. The third-order valence-electron chi connectivity index (χ3n) is 6.67. The Morgan fingerprint density at radius 3 is 2.76 bits per heavy atom. The van der Waals surface area contributed by atoms with Crippen molar-refractivity contribution in [1.29, 1.82) is 0 Å². The molecule has 3 heterocycles. The van der Waals surface area contributed by atoms with Crippen LogP contribution in [-0.2, 0) is 11.2 Å². The van der Waals surface area contributed by atoms with Crippen LogP contribution >= 0.6 is 11.6 Å². The van der Waals surface area contributed by atoms with Crippen LogP contribution in [-0.4, -0.2) is 48.2 Å². The monoisotopic (exact) mass is 481 g/mol. The molecule has 0 fully saturated rings.